The molecule has 1 aromatic rings. The number of halogens is 3. The summed E-state index contributed by atoms with van der Waals surface area (Å²) in [6.07, 6.45) is 0.727. The monoisotopic (exact) mass is 314 g/mol. The van der Waals surface area contributed by atoms with Gasteiger partial charge in [-0.25, -0.2) is 9.97 Å². The lowest BCUT2D eigenvalue weighted by atomic mass is 9.78. The highest BCUT2D eigenvalue weighted by Crippen LogP contribution is 2.40. The van der Waals surface area contributed by atoms with Gasteiger partial charge < -0.3 is 9.80 Å². The van der Waals surface area contributed by atoms with Crippen LogP contribution in [-0.2, 0) is 6.18 Å². The quantitative estimate of drug-likeness (QED) is 0.840. The maximum atomic E-state index is 12.5. The molecule has 2 saturated heterocycles. The van der Waals surface area contributed by atoms with Crippen LogP contribution in [0.15, 0.2) is 12.4 Å². The first-order valence-corrected chi connectivity index (χ1v) is 7.78. The molecule has 0 saturated carbocycles. The average molecular weight is 314 g/mol. The summed E-state index contributed by atoms with van der Waals surface area (Å²) in [7, 11) is 0. The van der Waals surface area contributed by atoms with E-state index in [1.165, 1.54) is 6.42 Å². The molecule has 3 rings (SSSR count). The first-order chi connectivity index (χ1) is 10.4. The van der Waals surface area contributed by atoms with Gasteiger partial charge in [-0.1, -0.05) is 6.92 Å². The summed E-state index contributed by atoms with van der Waals surface area (Å²) in [4.78, 5) is 12.3. The van der Waals surface area contributed by atoms with Gasteiger partial charge in [0, 0.05) is 32.0 Å². The summed E-state index contributed by atoms with van der Waals surface area (Å²) < 4.78 is 37.6. The van der Waals surface area contributed by atoms with Crippen molar-refractivity contribution in [3.8, 4) is 0 Å². The van der Waals surface area contributed by atoms with Crippen molar-refractivity contribution in [3.63, 3.8) is 0 Å². The molecule has 2 aliphatic heterocycles. The fourth-order valence-corrected chi connectivity index (χ4v) is 3.52. The van der Waals surface area contributed by atoms with E-state index in [1.807, 2.05) is 4.90 Å². The third kappa shape index (κ3) is 3.04. The van der Waals surface area contributed by atoms with Gasteiger partial charge in [0.25, 0.3) is 0 Å². The van der Waals surface area contributed by atoms with E-state index >= 15 is 0 Å². The van der Waals surface area contributed by atoms with Crippen LogP contribution < -0.4 is 4.90 Å². The number of nitrogens with zero attached hydrogens (tertiary/aromatic N) is 4. The van der Waals surface area contributed by atoms with E-state index in [0.29, 0.717) is 11.4 Å². The van der Waals surface area contributed by atoms with E-state index in [2.05, 4.69) is 21.8 Å². The van der Waals surface area contributed by atoms with E-state index < -0.39 is 11.7 Å². The van der Waals surface area contributed by atoms with Crippen LogP contribution in [0.25, 0.3) is 0 Å². The van der Waals surface area contributed by atoms with E-state index in [1.54, 1.807) is 0 Å². The van der Waals surface area contributed by atoms with Crippen molar-refractivity contribution in [1.29, 1.82) is 0 Å². The lowest BCUT2D eigenvalue weighted by Gasteiger charge is -2.39. The molecule has 0 aliphatic carbocycles. The molecule has 0 aromatic carbocycles. The zero-order chi connectivity index (χ0) is 15.8. The third-order valence-electron chi connectivity index (χ3n) is 5.04. The number of piperidine rings is 1. The normalized spacial score (nSPS) is 22.5. The summed E-state index contributed by atoms with van der Waals surface area (Å²) >= 11 is 0. The van der Waals surface area contributed by atoms with Gasteiger partial charge >= 0.3 is 6.18 Å². The lowest BCUT2D eigenvalue weighted by molar-refractivity contribution is -0.138. The van der Waals surface area contributed by atoms with Crippen molar-refractivity contribution in [2.45, 2.75) is 32.4 Å². The van der Waals surface area contributed by atoms with Crippen LogP contribution in [0.2, 0.25) is 0 Å². The first kappa shape index (κ1) is 15.5. The molecule has 0 atom stereocenters. The maximum absolute atomic E-state index is 12.5. The molecule has 0 N–H and O–H groups in total. The molecule has 1 spiro atoms. The lowest BCUT2D eigenvalue weighted by Crippen LogP contribution is -2.42. The Morgan fingerprint density at radius 2 is 1.68 bits per heavy atom. The van der Waals surface area contributed by atoms with Crippen molar-refractivity contribution in [3.05, 3.63) is 18.0 Å². The van der Waals surface area contributed by atoms with E-state index in [0.717, 1.165) is 58.0 Å². The fourth-order valence-electron chi connectivity index (χ4n) is 3.52. The Morgan fingerprint density at radius 1 is 1.09 bits per heavy atom. The van der Waals surface area contributed by atoms with Crippen LogP contribution >= 0.6 is 0 Å². The topological polar surface area (TPSA) is 32.3 Å². The minimum Gasteiger partial charge on any atom is -0.341 e. The Balaban J connectivity index is 1.62. The summed E-state index contributed by atoms with van der Waals surface area (Å²) in [5.74, 6) is 0.410. The summed E-state index contributed by atoms with van der Waals surface area (Å²) in [5, 5.41) is 0. The Labute approximate surface area is 128 Å². The highest BCUT2D eigenvalue weighted by Gasteiger charge is 2.40. The SMILES string of the molecule is CCN1CCC2(CCN(c3ncc(C(F)(F)F)cn3)CC2)C1. The molecule has 1 aromatic heterocycles. The molecule has 2 fully saturated rings. The predicted molar refractivity (Wildman–Crippen MR) is 77.6 cm³/mol. The van der Waals surface area contributed by atoms with Gasteiger partial charge in [-0.3, -0.25) is 0 Å². The maximum Gasteiger partial charge on any atom is 0.419 e. The molecule has 0 bridgehead atoms. The number of aromatic nitrogens is 2. The Kier molecular flexibility index (Phi) is 4.01. The largest absolute Gasteiger partial charge is 0.419 e. The molecule has 7 heteroatoms. The van der Waals surface area contributed by atoms with Gasteiger partial charge in [-0.05, 0) is 37.8 Å². The molecule has 0 amide bonds. The van der Waals surface area contributed by atoms with Crippen molar-refractivity contribution in [2.75, 3.05) is 37.6 Å². The number of hydrogen-bond acceptors (Lipinski definition) is 4. The summed E-state index contributed by atoms with van der Waals surface area (Å²) in [5.41, 5.74) is -0.405. The zero-order valence-electron chi connectivity index (χ0n) is 12.7. The Bertz CT molecular complexity index is 507. The predicted octanol–water partition coefficient (Wildman–Crippen LogP) is 2.81. The number of rotatable bonds is 2. The van der Waals surface area contributed by atoms with Crippen LogP contribution in [0.1, 0.15) is 31.7 Å². The second-order valence-electron chi connectivity index (χ2n) is 6.38. The molecule has 2 aliphatic rings. The molecule has 0 radical (unpaired) electrons. The number of hydrogen-bond donors (Lipinski definition) is 0. The molecular weight excluding hydrogens is 293 g/mol. The zero-order valence-corrected chi connectivity index (χ0v) is 12.7. The minimum atomic E-state index is -4.38. The van der Waals surface area contributed by atoms with Crippen LogP contribution in [0.5, 0.6) is 0 Å². The Morgan fingerprint density at radius 3 is 2.18 bits per heavy atom. The van der Waals surface area contributed by atoms with E-state index in [-0.39, 0.29) is 0 Å². The number of anilines is 1. The van der Waals surface area contributed by atoms with Crippen molar-refractivity contribution in [2.24, 2.45) is 5.41 Å². The average Bonchev–Trinajstić information content (AvgIpc) is 2.90. The molecular formula is C15H21F3N4. The van der Waals surface area contributed by atoms with Crippen molar-refractivity contribution >= 4 is 5.95 Å². The van der Waals surface area contributed by atoms with Crippen LogP contribution in [0.3, 0.4) is 0 Å². The second kappa shape index (κ2) is 5.68. The van der Waals surface area contributed by atoms with Crippen LogP contribution in [0, 0.1) is 5.41 Å². The summed E-state index contributed by atoms with van der Waals surface area (Å²) in [6.45, 7) is 7.22. The van der Waals surface area contributed by atoms with Crippen LogP contribution in [0.4, 0.5) is 19.1 Å². The second-order valence-corrected chi connectivity index (χ2v) is 6.38. The summed E-state index contributed by atoms with van der Waals surface area (Å²) in [6, 6.07) is 0. The number of alkyl halides is 3. The third-order valence-corrected chi connectivity index (χ3v) is 5.04. The molecule has 122 valence electrons. The molecule has 3 heterocycles. The van der Waals surface area contributed by atoms with Gasteiger partial charge in [0.15, 0.2) is 0 Å². The van der Waals surface area contributed by atoms with Gasteiger partial charge in [0.05, 0.1) is 5.56 Å². The van der Waals surface area contributed by atoms with Crippen LogP contribution in [-0.4, -0.2) is 47.6 Å². The van der Waals surface area contributed by atoms with Gasteiger partial charge in [-0.15, -0.1) is 0 Å². The highest BCUT2D eigenvalue weighted by atomic mass is 19.4. The van der Waals surface area contributed by atoms with Gasteiger partial charge in [0.2, 0.25) is 5.95 Å². The van der Waals surface area contributed by atoms with Gasteiger partial charge in [-0.2, -0.15) is 13.2 Å². The molecule has 4 nitrogen and oxygen atoms in total. The van der Waals surface area contributed by atoms with Crippen molar-refractivity contribution in [1.82, 2.24) is 14.9 Å². The standard InChI is InChI=1S/C15H21F3N4/c1-2-21-6-3-14(11-21)4-7-22(8-5-14)13-19-9-12(10-20-13)15(16,17)18/h9-10H,2-8,11H2,1H3. The van der Waals surface area contributed by atoms with Crippen molar-refractivity contribution < 1.29 is 13.2 Å². The van der Waals surface area contributed by atoms with E-state index in [4.69, 9.17) is 0 Å². The molecule has 22 heavy (non-hydrogen) atoms. The Hall–Kier alpha value is -1.37. The fraction of sp³-hybridized carbons (Fsp3) is 0.733. The van der Waals surface area contributed by atoms with Gasteiger partial charge in [0.1, 0.15) is 0 Å². The smallest absolute Gasteiger partial charge is 0.341 e. The van der Waals surface area contributed by atoms with E-state index in [9.17, 15) is 13.2 Å². The number of likely N-dealkylation sites (tertiary alicyclic amines) is 1. The minimum absolute atomic E-state index is 0.387. The highest BCUT2D eigenvalue weighted by molar-refractivity contribution is 5.31. The molecule has 0 unspecified atom stereocenters. The first-order valence-electron chi connectivity index (χ1n) is 7.78.